The molecule has 2 nitrogen and oxygen atoms in total. The monoisotopic (exact) mass is 282 g/mol. The first kappa shape index (κ1) is 13.8. The van der Waals surface area contributed by atoms with Gasteiger partial charge in [-0.05, 0) is 37.5 Å². The molecule has 0 aliphatic carbocycles. The van der Waals surface area contributed by atoms with Gasteiger partial charge in [0.1, 0.15) is 0 Å². The molecule has 0 amide bonds. The summed E-state index contributed by atoms with van der Waals surface area (Å²) in [6.07, 6.45) is 2.33. The van der Waals surface area contributed by atoms with Gasteiger partial charge in [-0.25, -0.2) is 0 Å². The molecule has 1 fully saturated rings. The summed E-state index contributed by atoms with van der Waals surface area (Å²) < 4.78 is 0. The lowest BCUT2D eigenvalue weighted by atomic mass is 9.96. The fourth-order valence-corrected chi connectivity index (χ4v) is 3.31. The Bertz CT molecular complexity index is 447. The van der Waals surface area contributed by atoms with Crippen LogP contribution in [0.4, 0.5) is 0 Å². The predicted octanol–water partition coefficient (Wildman–Crippen LogP) is 4.09. The lowest BCUT2D eigenvalue weighted by molar-refractivity contribution is 0.390. The van der Waals surface area contributed by atoms with Gasteiger partial charge in [0, 0.05) is 16.3 Å². The highest BCUT2D eigenvalue weighted by molar-refractivity contribution is 8.13. The number of hydrogen-bond donors (Lipinski definition) is 1. The maximum Gasteiger partial charge on any atom is 0.157 e. The number of halogens is 1. The zero-order valence-corrected chi connectivity index (χ0v) is 12.4. The molecule has 1 aromatic rings. The Balaban J connectivity index is 2.01. The molecule has 18 heavy (non-hydrogen) atoms. The van der Waals surface area contributed by atoms with E-state index >= 15 is 0 Å². The van der Waals surface area contributed by atoms with Crippen molar-refractivity contribution in [3.05, 3.63) is 34.9 Å². The molecule has 1 N–H and O–H groups in total. The quantitative estimate of drug-likeness (QED) is 0.903. The van der Waals surface area contributed by atoms with Crippen molar-refractivity contribution in [1.29, 1.82) is 0 Å². The average molecular weight is 283 g/mol. The molecule has 1 aliphatic rings. The first-order chi connectivity index (χ1) is 8.61. The number of hydrogen-bond acceptors (Lipinski definition) is 2. The minimum atomic E-state index is 0.207. The second-order valence-electron chi connectivity index (χ2n) is 4.89. The molecule has 1 saturated heterocycles. The highest BCUT2D eigenvalue weighted by Crippen LogP contribution is 2.25. The van der Waals surface area contributed by atoms with Crippen LogP contribution in [-0.2, 0) is 6.54 Å². The molecule has 0 saturated carbocycles. The van der Waals surface area contributed by atoms with Crippen LogP contribution in [0.3, 0.4) is 0 Å². The molecule has 4 heteroatoms. The SMILES string of the molecule is CCC1(C)CCSC(=NCc2cccc(Cl)c2)N1. The van der Waals surface area contributed by atoms with E-state index < -0.39 is 0 Å². The van der Waals surface area contributed by atoms with Gasteiger partial charge in [-0.2, -0.15) is 0 Å². The molecule has 1 aromatic carbocycles. The second-order valence-corrected chi connectivity index (χ2v) is 6.41. The van der Waals surface area contributed by atoms with Crippen LogP contribution in [-0.4, -0.2) is 16.5 Å². The van der Waals surface area contributed by atoms with Gasteiger partial charge < -0.3 is 5.32 Å². The average Bonchev–Trinajstić information content (AvgIpc) is 2.37. The fraction of sp³-hybridized carbons (Fsp3) is 0.500. The summed E-state index contributed by atoms with van der Waals surface area (Å²) >= 11 is 7.78. The van der Waals surface area contributed by atoms with E-state index in [9.17, 15) is 0 Å². The van der Waals surface area contributed by atoms with Gasteiger partial charge in [-0.1, -0.05) is 42.4 Å². The van der Waals surface area contributed by atoms with Crippen LogP contribution in [0.1, 0.15) is 32.3 Å². The molecule has 0 spiro atoms. The van der Waals surface area contributed by atoms with Crippen LogP contribution in [0.2, 0.25) is 5.02 Å². The first-order valence-corrected chi connectivity index (χ1v) is 7.67. The third-order valence-electron chi connectivity index (χ3n) is 3.38. The smallest absolute Gasteiger partial charge is 0.157 e. The number of amidine groups is 1. The maximum atomic E-state index is 5.96. The van der Waals surface area contributed by atoms with Crippen molar-refractivity contribution in [1.82, 2.24) is 5.32 Å². The Morgan fingerprint density at radius 1 is 1.50 bits per heavy atom. The molecule has 2 rings (SSSR count). The summed E-state index contributed by atoms with van der Waals surface area (Å²) in [5.41, 5.74) is 1.36. The van der Waals surface area contributed by atoms with E-state index in [1.54, 1.807) is 0 Å². The first-order valence-electron chi connectivity index (χ1n) is 6.31. The van der Waals surface area contributed by atoms with Crippen molar-refractivity contribution in [3.63, 3.8) is 0 Å². The molecule has 1 heterocycles. The number of benzene rings is 1. The molecule has 0 bridgehead atoms. The van der Waals surface area contributed by atoms with Gasteiger partial charge in [0.25, 0.3) is 0 Å². The van der Waals surface area contributed by atoms with E-state index in [0.29, 0.717) is 6.54 Å². The van der Waals surface area contributed by atoms with Crippen molar-refractivity contribution in [3.8, 4) is 0 Å². The van der Waals surface area contributed by atoms with Crippen molar-refractivity contribution in [2.24, 2.45) is 4.99 Å². The summed E-state index contributed by atoms with van der Waals surface area (Å²) in [6, 6.07) is 7.88. The largest absolute Gasteiger partial charge is 0.360 e. The number of thioether (sulfide) groups is 1. The van der Waals surface area contributed by atoms with Crippen LogP contribution in [0.5, 0.6) is 0 Å². The van der Waals surface area contributed by atoms with Crippen LogP contribution < -0.4 is 5.32 Å². The summed E-state index contributed by atoms with van der Waals surface area (Å²) in [7, 11) is 0. The Labute approximate surface area is 118 Å². The fourth-order valence-electron chi connectivity index (χ4n) is 1.88. The van der Waals surface area contributed by atoms with E-state index in [4.69, 9.17) is 11.6 Å². The summed E-state index contributed by atoms with van der Waals surface area (Å²) in [5, 5.41) is 5.38. The standard InChI is InChI=1S/C14H19ClN2S/c1-3-14(2)7-8-18-13(17-14)16-10-11-5-4-6-12(15)9-11/h4-6,9H,3,7-8,10H2,1-2H3,(H,16,17). The highest BCUT2D eigenvalue weighted by atomic mass is 35.5. The van der Waals surface area contributed by atoms with Crippen molar-refractivity contribution in [2.45, 2.75) is 38.8 Å². The van der Waals surface area contributed by atoms with Crippen molar-refractivity contribution in [2.75, 3.05) is 5.75 Å². The lowest BCUT2D eigenvalue weighted by Crippen LogP contribution is -2.48. The minimum Gasteiger partial charge on any atom is -0.360 e. The summed E-state index contributed by atoms with van der Waals surface area (Å²) in [5.74, 6) is 1.14. The Morgan fingerprint density at radius 3 is 3.06 bits per heavy atom. The molecule has 98 valence electrons. The van der Waals surface area contributed by atoms with Gasteiger partial charge in [0.15, 0.2) is 5.17 Å². The third kappa shape index (κ3) is 3.66. The molecule has 1 aliphatic heterocycles. The second kappa shape index (κ2) is 5.98. The Kier molecular flexibility index (Phi) is 4.57. The number of aliphatic imine (C=N–C) groups is 1. The van der Waals surface area contributed by atoms with Gasteiger partial charge in [0.05, 0.1) is 6.54 Å². The maximum absolute atomic E-state index is 5.96. The Hall–Kier alpha value is -0.670. The van der Waals surface area contributed by atoms with Gasteiger partial charge >= 0.3 is 0 Å². The normalized spacial score (nSPS) is 26.1. The van der Waals surface area contributed by atoms with Gasteiger partial charge in [-0.15, -0.1) is 0 Å². The van der Waals surface area contributed by atoms with E-state index in [2.05, 4.69) is 30.2 Å². The zero-order valence-electron chi connectivity index (χ0n) is 10.9. The highest BCUT2D eigenvalue weighted by Gasteiger charge is 2.27. The van der Waals surface area contributed by atoms with Crippen LogP contribution >= 0.6 is 23.4 Å². The Morgan fingerprint density at radius 2 is 2.33 bits per heavy atom. The zero-order chi connectivity index (χ0) is 13.0. The molecular weight excluding hydrogens is 264 g/mol. The molecular formula is C14H19ClN2S. The van der Waals surface area contributed by atoms with Crippen molar-refractivity contribution < 1.29 is 0 Å². The third-order valence-corrected chi connectivity index (χ3v) is 4.52. The van der Waals surface area contributed by atoms with Crippen LogP contribution in [0, 0.1) is 0 Å². The van der Waals surface area contributed by atoms with E-state index in [1.165, 1.54) is 6.42 Å². The molecule has 1 unspecified atom stereocenters. The molecule has 0 radical (unpaired) electrons. The molecule has 0 aromatic heterocycles. The number of nitrogens with one attached hydrogen (secondary N) is 1. The van der Waals surface area contributed by atoms with Crippen molar-refractivity contribution >= 4 is 28.5 Å². The summed E-state index contributed by atoms with van der Waals surface area (Å²) in [4.78, 5) is 4.65. The predicted molar refractivity (Wildman–Crippen MR) is 81.5 cm³/mol. The van der Waals surface area contributed by atoms with E-state index in [1.807, 2.05) is 30.0 Å². The minimum absolute atomic E-state index is 0.207. The van der Waals surface area contributed by atoms with Crippen LogP contribution in [0.15, 0.2) is 29.3 Å². The van der Waals surface area contributed by atoms with Gasteiger partial charge in [-0.3, -0.25) is 4.99 Å². The number of rotatable bonds is 3. The van der Waals surface area contributed by atoms with Crippen LogP contribution in [0.25, 0.3) is 0 Å². The van der Waals surface area contributed by atoms with Gasteiger partial charge in [0.2, 0.25) is 0 Å². The summed E-state index contributed by atoms with van der Waals surface area (Å²) in [6.45, 7) is 5.18. The topological polar surface area (TPSA) is 24.4 Å². The number of nitrogens with zero attached hydrogens (tertiary/aromatic N) is 1. The molecule has 1 atom stereocenters. The lowest BCUT2D eigenvalue weighted by Gasteiger charge is -2.35. The van der Waals surface area contributed by atoms with E-state index in [-0.39, 0.29) is 5.54 Å². The van der Waals surface area contributed by atoms with E-state index in [0.717, 1.165) is 27.9 Å².